The fourth-order valence-electron chi connectivity index (χ4n) is 12.0. The van der Waals surface area contributed by atoms with E-state index in [9.17, 15) is 27.6 Å². The molecule has 3 saturated heterocycles. The molecule has 6 aliphatic rings. The molecule has 1 aromatic carbocycles. The van der Waals surface area contributed by atoms with E-state index in [1.807, 2.05) is 58.0 Å². The van der Waals surface area contributed by atoms with Gasteiger partial charge >= 0.3 is 10.2 Å². The van der Waals surface area contributed by atoms with E-state index >= 15 is 4.79 Å². The Labute approximate surface area is 345 Å². The molecule has 3 aliphatic carbocycles. The average Bonchev–Trinajstić information content (AvgIpc) is 3.58. The zero-order chi connectivity index (χ0) is 42.1. The summed E-state index contributed by atoms with van der Waals surface area (Å²) < 4.78 is 30.0. The highest BCUT2D eigenvalue weighted by Crippen LogP contribution is 2.88. The molecule has 3 amide bonds. The third-order valence-corrected chi connectivity index (χ3v) is 17.5. The molecule has 3 saturated carbocycles. The lowest BCUT2D eigenvalue weighted by Crippen LogP contribution is -2.50. The summed E-state index contributed by atoms with van der Waals surface area (Å²) in [7, 11) is -4.07. The van der Waals surface area contributed by atoms with Crippen molar-refractivity contribution in [3.05, 3.63) is 48.6 Å². The van der Waals surface area contributed by atoms with Gasteiger partial charge in [0, 0.05) is 43.8 Å². The zero-order valence-electron chi connectivity index (χ0n) is 35.5. The number of hydrogen-bond donors (Lipinski definition) is 2. The van der Waals surface area contributed by atoms with Crippen molar-refractivity contribution in [2.75, 3.05) is 32.7 Å². The summed E-state index contributed by atoms with van der Waals surface area (Å²) in [5, 5.41) is 3.08. The van der Waals surface area contributed by atoms with E-state index in [4.69, 9.17) is 0 Å². The second kappa shape index (κ2) is 15.2. The Morgan fingerprint density at radius 1 is 0.931 bits per heavy atom. The first-order valence-electron chi connectivity index (χ1n) is 21.7. The minimum atomic E-state index is -4.07. The zero-order valence-corrected chi connectivity index (χ0v) is 36.3. The number of ketones is 2. The van der Waals surface area contributed by atoms with Crippen molar-refractivity contribution >= 4 is 39.5 Å². The number of carbonyl (C=O) groups excluding carboxylic acids is 5. The molecule has 12 nitrogen and oxygen atoms in total. The standard InChI is InChI=1S/C45H65N5O7S/c1-8-31-26-43(31,40(55)47-58(56,57)49-23-13-14-24-49)28-36(52)34-27-45(42(6,7)44(45)20-16-21-44)29-50(34)39(54)32(41(3,4)5)25-35(51)37(30-17-11-10-12-18-30)46-38(53)33-19-15-22-48(33)9-2/h8,10-12,17-18,31-34,37H,1,9,13-16,19-29H2,2-7H3,(H,46,53)(H,47,55)/t31-,32-,33+,34+,37+,43-,45-/m1/s1. The largest absolute Gasteiger partial charge is 0.341 e. The van der Waals surface area contributed by atoms with Gasteiger partial charge in [-0.2, -0.15) is 12.7 Å². The molecule has 0 radical (unpaired) electrons. The summed E-state index contributed by atoms with van der Waals surface area (Å²) in [5.41, 5.74) is -1.69. The maximum atomic E-state index is 15.3. The van der Waals surface area contributed by atoms with Crippen LogP contribution in [0.25, 0.3) is 0 Å². The number of likely N-dealkylation sites (N-methyl/N-ethyl adjacent to an activating group) is 1. The van der Waals surface area contributed by atoms with Crippen LogP contribution in [0.2, 0.25) is 0 Å². The van der Waals surface area contributed by atoms with E-state index in [0.29, 0.717) is 44.5 Å². The van der Waals surface area contributed by atoms with Crippen molar-refractivity contribution in [3.8, 4) is 0 Å². The van der Waals surface area contributed by atoms with Crippen LogP contribution in [0.3, 0.4) is 0 Å². The van der Waals surface area contributed by atoms with Gasteiger partial charge in [-0.15, -0.1) is 6.58 Å². The molecule has 2 spiro atoms. The second-order valence-electron chi connectivity index (χ2n) is 19.9. The van der Waals surface area contributed by atoms with E-state index in [-0.39, 0.29) is 64.4 Å². The van der Waals surface area contributed by atoms with Gasteiger partial charge in [-0.25, -0.2) is 4.72 Å². The summed E-state index contributed by atoms with van der Waals surface area (Å²) in [6.45, 7) is 18.9. The third kappa shape index (κ3) is 6.98. The molecule has 1 aromatic rings. The van der Waals surface area contributed by atoms with E-state index in [1.165, 1.54) is 4.31 Å². The van der Waals surface area contributed by atoms with Gasteiger partial charge in [0.25, 0.3) is 0 Å². The summed E-state index contributed by atoms with van der Waals surface area (Å²) in [4.78, 5) is 76.2. The van der Waals surface area contributed by atoms with Crippen LogP contribution in [0.15, 0.2) is 43.0 Å². The lowest BCUT2D eigenvalue weighted by molar-refractivity contribution is -0.146. The van der Waals surface area contributed by atoms with E-state index in [0.717, 1.165) is 51.6 Å². The normalized spacial score (nSPS) is 31.1. The average molecular weight is 820 g/mol. The van der Waals surface area contributed by atoms with E-state index in [1.54, 1.807) is 11.0 Å². The van der Waals surface area contributed by atoms with Gasteiger partial charge in [0.1, 0.15) is 6.04 Å². The number of carbonyl (C=O) groups is 5. The van der Waals surface area contributed by atoms with Crippen LogP contribution in [0.5, 0.6) is 0 Å². The summed E-state index contributed by atoms with van der Waals surface area (Å²) in [6.07, 6.45) is 8.26. The number of rotatable bonds is 15. The smallest absolute Gasteiger partial charge is 0.303 e. The van der Waals surface area contributed by atoms with Crippen LogP contribution >= 0.6 is 0 Å². The molecule has 13 heteroatoms. The molecular formula is C45H65N5O7S. The van der Waals surface area contributed by atoms with Crippen LogP contribution < -0.4 is 10.0 Å². The molecule has 7 rings (SSSR count). The first kappa shape index (κ1) is 42.7. The Balaban J connectivity index is 1.16. The number of likely N-dealkylation sites (tertiary alicyclic amines) is 2. The van der Waals surface area contributed by atoms with Crippen molar-refractivity contribution in [3.63, 3.8) is 0 Å². The van der Waals surface area contributed by atoms with Gasteiger partial charge in [-0.05, 0) is 92.2 Å². The number of fused-ring (bicyclic) bond motifs is 1. The van der Waals surface area contributed by atoms with Crippen molar-refractivity contribution in [1.82, 2.24) is 24.1 Å². The summed E-state index contributed by atoms with van der Waals surface area (Å²) in [6, 6.07) is 7.08. The molecule has 0 bridgehead atoms. The summed E-state index contributed by atoms with van der Waals surface area (Å²) >= 11 is 0. The molecule has 6 fully saturated rings. The van der Waals surface area contributed by atoms with Crippen molar-refractivity contribution in [2.45, 2.75) is 130 Å². The molecule has 0 aromatic heterocycles. The number of benzene rings is 1. The van der Waals surface area contributed by atoms with Gasteiger partial charge in [0.05, 0.1) is 17.5 Å². The topological polar surface area (TPSA) is 153 Å². The van der Waals surface area contributed by atoms with Gasteiger partial charge in [0.2, 0.25) is 17.7 Å². The Bertz CT molecular complexity index is 1930. The number of allylic oxidation sites excluding steroid dienone is 1. The first-order valence-corrected chi connectivity index (χ1v) is 23.1. The molecule has 0 unspecified atom stereocenters. The highest BCUT2D eigenvalue weighted by molar-refractivity contribution is 7.87. The predicted molar refractivity (Wildman–Crippen MR) is 221 cm³/mol. The minimum Gasteiger partial charge on any atom is -0.341 e. The molecule has 7 atom stereocenters. The molecule has 2 N–H and O–H groups in total. The highest BCUT2D eigenvalue weighted by atomic mass is 32.2. The third-order valence-electron chi connectivity index (χ3n) is 16.0. The minimum absolute atomic E-state index is 0.0119. The van der Waals surface area contributed by atoms with Crippen molar-refractivity contribution < 1.29 is 32.4 Å². The van der Waals surface area contributed by atoms with E-state index < -0.39 is 44.9 Å². The van der Waals surface area contributed by atoms with Crippen LogP contribution in [-0.2, 0) is 34.2 Å². The number of amides is 3. The molecule has 3 aliphatic heterocycles. The van der Waals surface area contributed by atoms with Gasteiger partial charge < -0.3 is 10.2 Å². The highest BCUT2D eigenvalue weighted by Gasteiger charge is 2.85. The maximum Gasteiger partial charge on any atom is 0.303 e. The van der Waals surface area contributed by atoms with Crippen LogP contribution in [-0.4, -0.2) is 96.6 Å². The number of Topliss-reactive ketones (excluding diaryl/α,β-unsaturated/α-hetero) is 2. The Kier molecular flexibility index (Phi) is 11.2. The van der Waals surface area contributed by atoms with Crippen molar-refractivity contribution in [1.29, 1.82) is 0 Å². The second-order valence-corrected chi connectivity index (χ2v) is 21.6. The van der Waals surface area contributed by atoms with Gasteiger partial charge in [0.15, 0.2) is 11.6 Å². The SMILES string of the molecule is C=C[C@@H]1C[C@]1(CC(=O)[C@@H]1C[C@@]2(CN1C(=O)[C@@H](CC(=O)[C@@H](NC(=O)[C@@H]1CCCN1CC)c1ccccc1)C(C)(C)C)C(C)(C)C21CCC1)C(=O)NS(=O)(=O)N1CCCC1. The lowest BCUT2D eigenvalue weighted by Gasteiger charge is -2.36. The maximum absolute atomic E-state index is 15.3. The number of hydrogen-bond acceptors (Lipinski definition) is 8. The Morgan fingerprint density at radius 3 is 2.16 bits per heavy atom. The van der Waals surface area contributed by atoms with Crippen molar-refractivity contribution in [2.24, 2.45) is 38.9 Å². The van der Waals surface area contributed by atoms with Gasteiger partial charge in [-0.1, -0.05) is 84.4 Å². The quantitative estimate of drug-likeness (QED) is 0.225. The van der Waals surface area contributed by atoms with Crippen LogP contribution in [0, 0.1) is 38.9 Å². The fourth-order valence-corrected chi connectivity index (χ4v) is 13.3. The fraction of sp³-hybridized carbons (Fsp3) is 0.711. The van der Waals surface area contributed by atoms with Gasteiger partial charge in [-0.3, -0.25) is 28.9 Å². The Morgan fingerprint density at radius 2 is 1.60 bits per heavy atom. The lowest BCUT2D eigenvalue weighted by atomic mass is 9.73. The summed E-state index contributed by atoms with van der Waals surface area (Å²) in [5.74, 6) is -2.88. The number of nitrogens with one attached hydrogen (secondary N) is 2. The number of nitrogens with zero attached hydrogens (tertiary/aromatic N) is 3. The Hall–Kier alpha value is -3.42. The molecule has 318 valence electrons. The molecular weight excluding hydrogens is 755 g/mol. The first-order chi connectivity index (χ1) is 27.3. The molecule has 58 heavy (non-hydrogen) atoms. The monoisotopic (exact) mass is 819 g/mol. The van der Waals surface area contributed by atoms with E-state index in [2.05, 4.69) is 35.4 Å². The predicted octanol–water partition coefficient (Wildman–Crippen LogP) is 5.36. The van der Waals surface area contributed by atoms with Crippen LogP contribution in [0.1, 0.15) is 124 Å². The molecule has 3 heterocycles. The van der Waals surface area contributed by atoms with Crippen LogP contribution in [0.4, 0.5) is 0 Å².